The van der Waals surface area contributed by atoms with Gasteiger partial charge in [-0.3, -0.25) is 0 Å². The molecule has 0 aliphatic carbocycles. The molecule has 4 rings (SSSR count). The fraction of sp³-hybridized carbons (Fsp3) is 0.269. The lowest BCUT2D eigenvalue weighted by Gasteiger charge is -2.28. The van der Waals surface area contributed by atoms with Gasteiger partial charge in [-0.1, -0.05) is 13.8 Å². The van der Waals surface area contributed by atoms with Gasteiger partial charge in [-0.05, 0) is 62.6 Å². The van der Waals surface area contributed by atoms with Gasteiger partial charge in [0.2, 0.25) is 0 Å². The number of nitrogens with zero attached hydrogens (tertiary/aromatic N) is 2. The molecule has 8 nitrogen and oxygen atoms in total. The van der Waals surface area contributed by atoms with E-state index in [2.05, 4.69) is 10.4 Å². The molecule has 0 radical (unpaired) electrons. The van der Waals surface area contributed by atoms with Crippen molar-refractivity contribution in [1.82, 2.24) is 14.9 Å². The Morgan fingerprint density at radius 3 is 2.06 bits per heavy atom. The summed E-state index contributed by atoms with van der Waals surface area (Å²) in [5.41, 5.74) is 3.31. The van der Waals surface area contributed by atoms with Crippen molar-refractivity contribution in [2.24, 2.45) is 0 Å². The highest BCUT2D eigenvalue weighted by Gasteiger charge is 2.39. The number of nitrogens with one attached hydrogen (secondary N) is 1. The van der Waals surface area contributed by atoms with Crippen LogP contribution >= 0.6 is 0 Å². The summed E-state index contributed by atoms with van der Waals surface area (Å²) in [4.78, 5) is 24.6. The van der Waals surface area contributed by atoms with Crippen molar-refractivity contribution in [1.29, 1.82) is 0 Å². The molecule has 1 aliphatic heterocycles. The van der Waals surface area contributed by atoms with Crippen LogP contribution in [0.15, 0.2) is 52.9 Å². The number of aliphatic carboxylic acids is 2. The molecule has 4 N–H and O–H groups in total. The van der Waals surface area contributed by atoms with Gasteiger partial charge in [0.25, 0.3) is 0 Å². The van der Waals surface area contributed by atoms with Crippen LogP contribution in [0.4, 0.5) is 4.39 Å². The fourth-order valence-electron chi connectivity index (χ4n) is 4.88. The van der Waals surface area contributed by atoms with E-state index in [1.165, 1.54) is 28.8 Å². The number of hydrogen-bond donors (Lipinski definition) is 4. The van der Waals surface area contributed by atoms with Gasteiger partial charge in [0.1, 0.15) is 17.3 Å². The summed E-state index contributed by atoms with van der Waals surface area (Å²) in [5, 5.41) is 38.8. The molecule has 3 heterocycles. The van der Waals surface area contributed by atoms with Crippen molar-refractivity contribution in [2.75, 3.05) is 0 Å². The predicted octanol–water partition coefficient (Wildman–Crippen LogP) is 4.68. The van der Waals surface area contributed by atoms with E-state index < -0.39 is 23.7 Å². The second-order valence-corrected chi connectivity index (χ2v) is 9.03. The number of dihydropyridines is 1. The summed E-state index contributed by atoms with van der Waals surface area (Å²) in [6.45, 7) is 8.78. The number of aryl methyl sites for hydroxylation is 1. The van der Waals surface area contributed by atoms with Crippen molar-refractivity contribution in [2.45, 2.75) is 46.5 Å². The first-order valence-electron chi connectivity index (χ1n) is 11.1. The van der Waals surface area contributed by atoms with E-state index in [1.54, 1.807) is 26.8 Å². The zero-order chi connectivity index (χ0) is 25.8. The molecule has 0 fully saturated rings. The summed E-state index contributed by atoms with van der Waals surface area (Å²) in [7, 11) is 0. The summed E-state index contributed by atoms with van der Waals surface area (Å²) < 4.78 is 15.1. The van der Waals surface area contributed by atoms with Crippen LogP contribution in [0.2, 0.25) is 0 Å². The molecule has 1 aromatic carbocycles. The quantitative estimate of drug-likeness (QED) is 0.419. The predicted molar refractivity (Wildman–Crippen MR) is 128 cm³/mol. The Morgan fingerprint density at radius 1 is 1.03 bits per heavy atom. The van der Waals surface area contributed by atoms with Gasteiger partial charge in [0.05, 0.1) is 28.3 Å². The number of carboxylic acids is 2. The average Bonchev–Trinajstić information content (AvgIpc) is 3.08. The molecular weight excluding hydrogens is 453 g/mol. The Labute approximate surface area is 201 Å². The number of aromatic nitrogens is 2. The number of aromatic hydroxyl groups is 1. The van der Waals surface area contributed by atoms with Gasteiger partial charge in [0.15, 0.2) is 0 Å². The molecule has 0 bridgehead atoms. The molecule has 0 spiro atoms. The molecule has 0 saturated carbocycles. The third-order valence-corrected chi connectivity index (χ3v) is 6.34. The Hall–Kier alpha value is -4.14. The van der Waals surface area contributed by atoms with Crippen LogP contribution in [0, 0.1) is 12.7 Å². The van der Waals surface area contributed by atoms with Crippen LogP contribution in [0.3, 0.4) is 0 Å². The van der Waals surface area contributed by atoms with Crippen LogP contribution in [0.1, 0.15) is 56.4 Å². The Kier molecular flexibility index (Phi) is 5.88. The molecule has 9 heteroatoms. The van der Waals surface area contributed by atoms with E-state index >= 15 is 0 Å². The smallest absolute Gasteiger partial charge is 0.334 e. The topological polar surface area (TPSA) is 124 Å². The van der Waals surface area contributed by atoms with Crippen molar-refractivity contribution in [3.63, 3.8) is 0 Å². The first kappa shape index (κ1) is 24.0. The zero-order valence-corrected chi connectivity index (χ0v) is 20.0. The first-order chi connectivity index (χ1) is 16.4. The number of hydrogen-bond acceptors (Lipinski definition) is 5. The maximum atomic E-state index is 13.6. The van der Waals surface area contributed by atoms with Gasteiger partial charge >= 0.3 is 11.9 Å². The highest BCUT2D eigenvalue weighted by molar-refractivity contribution is 5.98. The molecule has 0 saturated heterocycles. The lowest BCUT2D eigenvalue weighted by atomic mass is 9.83. The first-order valence-corrected chi connectivity index (χ1v) is 11.1. The number of benzene rings is 1. The van der Waals surface area contributed by atoms with Gasteiger partial charge in [0, 0.05) is 22.5 Å². The molecule has 0 amide bonds. The highest BCUT2D eigenvalue weighted by Crippen LogP contribution is 2.43. The van der Waals surface area contributed by atoms with Crippen molar-refractivity contribution >= 4 is 17.5 Å². The maximum Gasteiger partial charge on any atom is 0.334 e. The minimum absolute atomic E-state index is 0.0625. The van der Waals surface area contributed by atoms with Gasteiger partial charge in [-0.25, -0.2) is 18.5 Å². The molecule has 0 unspecified atom stereocenters. The van der Waals surface area contributed by atoms with Gasteiger partial charge < -0.3 is 20.6 Å². The maximum absolute atomic E-state index is 13.6. The number of carboxylic acid groups (broad SMARTS) is 2. The minimum Gasteiger partial charge on any atom is -0.505 e. The van der Waals surface area contributed by atoms with E-state index in [0.29, 0.717) is 39.3 Å². The second-order valence-electron chi connectivity index (χ2n) is 9.03. The lowest BCUT2D eigenvalue weighted by molar-refractivity contribution is -0.133. The van der Waals surface area contributed by atoms with Crippen LogP contribution < -0.4 is 5.32 Å². The van der Waals surface area contributed by atoms with Crippen LogP contribution in [-0.2, 0) is 9.59 Å². The molecule has 3 aromatic rings. The van der Waals surface area contributed by atoms with Crippen molar-refractivity contribution < 1.29 is 29.3 Å². The van der Waals surface area contributed by atoms with E-state index in [9.17, 15) is 29.3 Å². The Morgan fingerprint density at radius 2 is 1.57 bits per heavy atom. The van der Waals surface area contributed by atoms with Gasteiger partial charge in [-0.15, -0.1) is 0 Å². The minimum atomic E-state index is -1.25. The molecule has 1 aliphatic rings. The Bertz CT molecular complexity index is 1410. The monoisotopic (exact) mass is 479 g/mol. The van der Waals surface area contributed by atoms with Crippen LogP contribution in [0.25, 0.3) is 16.8 Å². The van der Waals surface area contributed by atoms with E-state index in [0.717, 1.165) is 0 Å². The second kappa shape index (κ2) is 8.57. The standard InChI is InChI=1S/C26H26FN3O5/c1-11(2)18-23-12(3)10-17(21-19(25(32)33)13(4)28-14(5)20(21)26(34)35)30(23)29-22(24(18)31)15-6-8-16(27)9-7-15/h6-11,21,28,31H,1-5H3,(H,32,33)(H,34,35). The van der Waals surface area contributed by atoms with E-state index in [1.807, 2.05) is 13.8 Å². The summed E-state index contributed by atoms with van der Waals surface area (Å²) in [5.74, 6) is -4.27. The number of carbonyl (C=O) groups is 2. The van der Waals surface area contributed by atoms with E-state index in [4.69, 9.17) is 0 Å². The molecule has 2 aromatic heterocycles. The fourth-order valence-corrected chi connectivity index (χ4v) is 4.88. The third-order valence-electron chi connectivity index (χ3n) is 6.34. The van der Waals surface area contributed by atoms with Crippen LogP contribution in [0.5, 0.6) is 5.75 Å². The normalized spacial score (nSPS) is 14.7. The SMILES string of the molecule is CC1=C(C(=O)O)C(c2cc(C)c3c(C(C)C)c(O)c(-c4ccc(F)cc4)nn23)C(C(=O)O)=C(C)N1. The lowest BCUT2D eigenvalue weighted by Crippen LogP contribution is -2.31. The molecular formula is C26H26FN3O5. The number of fused-ring (bicyclic) bond motifs is 1. The van der Waals surface area contributed by atoms with Crippen molar-refractivity contribution in [3.05, 3.63) is 75.5 Å². The highest BCUT2D eigenvalue weighted by atomic mass is 19.1. The Balaban J connectivity index is 2.14. The van der Waals surface area contributed by atoms with Gasteiger partial charge in [-0.2, -0.15) is 5.10 Å². The average molecular weight is 480 g/mol. The molecule has 0 atom stereocenters. The third kappa shape index (κ3) is 3.82. The number of rotatable bonds is 5. The number of allylic oxidation sites excluding steroid dienone is 2. The molecule has 182 valence electrons. The molecule has 35 heavy (non-hydrogen) atoms. The summed E-state index contributed by atoms with van der Waals surface area (Å²) in [6, 6.07) is 7.21. The van der Waals surface area contributed by atoms with Crippen molar-refractivity contribution in [3.8, 4) is 17.0 Å². The largest absolute Gasteiger partial charge is 0.505 e. The summed E-state index contributed by atoms with van der Waals surface area (Å²) >= 11 is 0. The summed E-state index contributed by atoms with van der Waals surface area (Å²) in [6.07, 6.45) is 0. The number of halogens is 1. The zero-order valence-electron chi connectivity index (χ0n) is 20.0. The van der Waals surface area contributed by atoms with E-state index in [-0.39, 0.29) is 28.5 Å². The van der Waals surface area contributed by atoms with Crippen LogP contribution in [-0.4, -0.2) is 36.9 Å².